The molecule has 196 valence electrons. The maximum Gasteiger partial charge on any atom is 0.427 e. The van der Waals surface area contributed by atoms with Crippen LogP contribution in [-0.4, -0.2) is 51.4 Å². The molecule has 3 rings (SSSR count). The first-order valence-corrected chi connectivity index (χ1v) is 12.7. The summed E-state index contributed by atoms with van der Waals surface area (Å²) in [6.45, 7) is 2.56. The lowest BCUT2D eigenvalue weighted by molar-refractivity contribution is -0.242. The first kappa shape index (κ1) is 27.6. The molecule has 0 saturated heterocycles. The van der Waals surface area contributed by atoms with Gasteiger partial charge in [0.2, 0.25) is 11.5 Å². The number of hydrogen-bond acceptors (Lipinski definition) is 6. The van der Waals surface area contributed by atoms with E-state index in [9.17, 15) is 31.2 Å². The summed E-state index contributed by atoms with van der Waals surface area (Å²) >= 11 is 3.24. The molecule has 9 nitrogen and oxygen atoms in total. The van der Waals surface area contributed by atoms with E-state index in [4.69, 9.17) is 4.74 Å². The van der Waals surface area contributed by atoms with Gasteiger partial charge in [-0.15, -0.1) is 0 Å². The first-order valence-electron chi connectivity index (χ1n) is 10.5. The number of amides is 2. The van der Waals surface area contributed by atoms with Crippen molar-refractivity contribution >= 4 is 49.3 Å². The highest BCUT2D eigenvalue weighted by molar-refractivity contribution is 9.10. The molecule has 1 aliphatic heterocycles. The van der Waals surface area contributed by atoms with E-state index in [0.717, 1.165) is 4.31 Å². The van der Waals surface area contributed by atoms with Crippen molar-refractivity contribution in [3.8, 4) is 5.75 Å². The molecule has 36 heavy (non-hydrogen) atoms. The number of nitrogens with one attached hydrogen (secondary N) is 2. The van der Waals surface area contributed by atoms with Crippen molar-refractivity contribution in [1.29, 1.82) is 0 Å². The third-order valence-corrected chi connectivity index (χ3v) is 7.40. The summed E-state index contributed by atoms with van der Waals surface area (Å²) in [5, 5.41) is 4.77. The Morgan fingerprint density at radius 3 is 2.50 bits per heavy atom. The van der Waals surface area contributed by atoms with Gasteiger partial charge >= 0.3 is 12.3 Å². The molecule has 0 radical (unpaired) electrons. The average Bonchev–Trinajstić information content (AvgIpc) is 2.76. The highest BCUT2D eigenvalue weighted by Gasteiger charge is 2.51. The predicted octanol–water partition coefficient (Wildman–Crippen LogP) is 4.43. The zero-order chi connectivity index (χ0) is 26.9. The summed E-state index contributed by atoms with van der Waals surface area (Å²) < 4.78 is 78.2. The van der Waals surface area contributed by atoms with Crippen LogP contribution in [0.5, 0.6) is 5.75 Å². The number of carbonyl (C=O) groups is 2. The number of halogens is 4. The van der Waals surface area contributed by atoms with E-state index in [-0.39, 0.29) is 41.0 Å². The summed E-state index contributed by atoms with van der Waals surface area (Å²) in [5.74, 6) is -0.199. The van der Waals surface area contributed by atoms with E-state index in [1.54, 1.807) is 12.1 Å². The van der Waals surface area contributed by atoms with Crippen LogP contribution in [0.25, 0.3) is 0 Å². The fourth-order valence-corrected chi connectivity index (χ4v) is 5.26. The molecule has 14 heteroatoms. The number of nitrogens with zero attached hydrogens (tertiary/aromatic N) is 1. The number of fused-ring (bicyclic) bond motifs is 1. The SMILES string of the molecule is CC(=O)NCC1CN(S(=O)(=O)c2cccc(Br)c2)c2cc(NC(=O)OC(C)(C)C(F)(F)F)ccc2O1. The van der Waals surface area contributed by atoms with Crippen molar-refractivity contribution in [1.82, 2.24) is 5.32 Å². The smallest absolute Gasteiger partial charge is 0.427 e. The molecule has 0 aliphatic carbocycles. The molecule has 2 amide bonds. The summed E-state index contributed by atoms with van der Waals surface area (Å²) in [7, 11) is -4.14. The van der Waals surface area contributed by atoms with Gasteiger partial charge in [-0.1, -0.05) is 22.0 Å². The molecule has 1 unspecified atom stereocenters. The van der Waals surface area contributed by atoms with Gasteiger partial charge in [-0.3, -0.25) is 14.4 Å². The molecule has 1 heterocycles. The van der Waals surface area contributed by atoms with Crippen LogP contribution in [0.2, 0.25) is 0 Å². The maximum atomic E-state index is 13.5. The Kier molecular flexibility index (Phi) is 7.79. The van der Waals surface area contributed by atoms with Crippen molar-refractivity contribution in [2.45, 2.75) is 43.5 Å². The van der Waals surface area contributed by atoms with Crippen molar-refractivity contribution in [2.24, 2.45) is 0 Å². The molecule has 0 aromatic heterocycles. The van der Waals surface area contributed by atoms with Crippen LogP contribution < -0.4 is 19.7 Å². The first-order chi connectivity index (χ1) is 16.6. The monoisotopic (exact) mass is 593 g/mol. The van der Waals surface area contributed by atoms with Gasteiger partial charge in [0.25, 0.3) is 10.0 Å². The molecule has 1 atom stereocenters. The third kappa shape index (κ3) is 6.22. The minimum absolute atomic E-state index is 0.0184. The van der Waals surface area contributed by atoms with E-state index < -0.39 is 34.0 Å². The Balaban J connectivity index is 1.96. The van der Waals surface area contributed by atoms with E-state index in [2.05, 4.69) is 31.3 Å². The van der Waals surface area contributed by atoms with E-state index in [0.29, 0.717) is 18.3 Å². The van der Waals surface area contributed by atoms with Crippen LogP contribution in [0, 0.1) is 0 Å². The van der Waals surface area contributed by atoms with Crippen LogP contribution in [0.1, 0.15) is 20.8 Å². The van der Waals surface area contributed by atoms with Crippen molar-refractivity contribution in [2.75, 3.05) is 22.7 Å². The molecule has 2 aromatic carbocycles. The topological polar surface area (TPSA) is 114 Å². The molecule has 0 bridgehead atoms. The van der Waals surface area contributed by atoms with Gasteiger partial charge in [0.05, 0.1) is 23.7 Å². The predicted molar refractivity (Wildman–Crippen MR) is 128 cm³/mol. The van der Waals surface area contributed by atoms with Crippen LogP contribution >= 0.6 is 15.9 Å². The van der Waals surface area contributed by atoms with Gasteiger partial charge < -0.3 is 14.8 Å². The fourth-order valence-electron chi connectivity index (χ4n) is 3.17. The largest absolute Gasteiger partial charge is 0.484 e. The lowest BCUT2D eigenvalue weighted by Crippen LogP contribution is -2.48. The second-order valence-electron chi connectivity index (χ2n) is 8.38. The number of alkyl halides is 3. The van der Waals surface area contributed by atoms with E-state index in [1.165, 1.54) is 37.3 Å². The molecule has 0 fully saturated rings. The van der Waals surface area contributed by atoms with E-state index >= 15 is 0 Å². The van der Waals surface area contributed by atoms with Gasteiger partial charge in [0, 0.05) is 17.1 Å². The zero-order valence-corrected chi connectivity index (χ0v) is 21.8. The highest BCUT2D eigenvalue weighted by atomic mass is 79.9. The van der Waals surface area contributed by atoms with Gasteiger partial charge in [-0.05, 0) is 50.2 Å². The van der Waals surface area contributed by atoms with Gasteiger partial charge in [-0.25, -0.2) is 13.2 Å². The van der Waals surface area contributed by atoms with Crippen LogP contribution in [0.3, 0.4) is 0 Å². The second kappa shape index (κ2) is 10.2. The quantitative estimate of drug-likeness (QED) is 0.512. The summed E-state index contributed by atoms with van der Waals surface area (Å²) in [5.41, 5.74) is -2.72. The number of hydrogen-bond donors (Lipinski definition) is 2. The number of sulfonamides is 1. The fraction of sp³-hybridized carbons (Fsp3) is 0.364. The number of rotatable bonds is 6. The third-order valence-electron chi connectivity index (χ3n) is 5.13. The van der Waals surface area contributed by atoms with Gasteiger partial charge in [-0.2, -0.15) is 13.2 Å². The molecule has 1 aliphatic rings. The number of ether oxygens (including phenoxy) is 2. The minimum atomic E-state index is -4.80. The maximum absolute atomic E-state index is 13.5. The Labute approximate surface area is 214 Å². The molecule has 0 saturated carbocycles. The molecule has 0 spiro atoms. The van der Waals surface area contributed by atoms with Crippen LogP contribution in [-0.2, 0) is 19.6 Å². The summed E-state index contributed by atoms with van der Waals surface area (Å²) in [6, 6.07) is 9.95. The number of carbonyl (C=O) groups excluding carboxylic acids is 2. The standard InChI is InChI=1S/C22H23BrF3N3O6S/c1-13(30)27-11-16-12-29(36(32,33)17-6-4-5-14(23)9-17)18-10-15(7-8-19(18)34-16)28-20(31)35-21(2,3)22(24,25)26/h4-10,16H,11-12H2,1-3H3,(H,27,30)(H,28,31). The Hall–Kier alpha value is -3.00. The number of anilines is 2. The Bertz CT molecular complexity index is 1270. The number of benzene rings is 2. The van der Waals surface area contributed by atoms with Crippen LogP contribution in [0.4, 0.5) is 29.3 Å². The molecule has 2 aromatic rings. The molecular formula is C22H23BrF3N3O6S. The minimum Gasteiger partial charge on any atom is -0.484 e. The highest BCUT2D eigenvalue weighted by Crippen LogP contribution is 2.39. The lowest BCUT2D eigenvalue weighted by atomic mass is 10.1. The average molecular weight is 594 g/mol. The summed E-state index contributed by atoms with van der Waals surface area (Å²) in [6.07, 6.45) is -6.91. The van der Waals surface area contributed by atoms with Crippen molar-refractivity contribution in [3.05, 3.63) is 46.9 Å². The Morgan fingerprint density at radius 1 is 1.19 bits per heavy atom. The Morgan fingerprint density at radius 2 is 1.89 bits per heavy atom. The lowest BCUT2D eigenvalue weighted by Gasteiger charge is -2.36. The van der Waals surface area contributed by atoms with Crippen molar-refractivity contribution < 1.29 is 40.7 Å². The second-order valence-corrected chi connectivity index (χ2v) is 11.2. The molecule has 2 N–H and O–H groups in total. The van der Waals surface area contributed by atoms with Crippen LogP contribution in [0.15, 0.2) is 51.8 Å². The van der Waals surface area contributed by atoms with Crippen molar-refractivity contribution in [3.63, 3.8) is 0 Å². The van der Waals surface area contributed by atoms with E-state index in [1.807, 2.05) is 0 Å². The zero-order valence-electron chi connectivity index (χ0n) is 19.3. The molecular weight excluding hydrogens is 571 g/mol. The summed E-state index contributed by atoms with van der Waals surface area (Å²) in [4.78, 5) is 23.5. The van der Waals surface area contributed by atoms with Gasteiger partial charge in [0.15, 0.2) is 0 Å². The van der Waals surface area contributed by atoms with Gasteiger partial charge in [0.1, 0.15) is 11.9 Å². The normalized spacial score (nSPS) is 16.0.